The van der Waals surface area contributed by atoms with Crippen LogP contribution in [0.4, 0.5) is 0 Å². The predicted molar refractivity (Wildman–Crippen MR) is 115 cm³/mol. The van der Waals surface area contributed by atoms with Crippen molar-refractivity contribution in [3.05, 3.63) is 64.2 Å². The van der Waals surface area contributed by atoms with Crippen LogP contribution < -0.4 is 10.1 Å². The third-order valence-corrected chi connectivity index (χ3v) is 4.42. The van der Waals surface area contributed by atoms with Gasteiger partial charge in [0.15, 0.2) is 5.71 Å². The van der Waals surface area contributed by atoms with Crippen LogP contribution in [-0.4, -0.2) is 52.3 Å². The van der Waals surface area contributed by atoms with Crippen LogP contribution in [0, 0.1) is 0 Å². The highest BCUT2D eigenvalue weighted by molar-refractivity contribution is 6.46. The van der Waals surface area contributed by atoms with E-state index in [9.17, 15) is 4.79 Å². The maximum absolute atomic E-state index is 12.2. The zero-order valence-corrected chi connectivity index (χ0v) is 18.0. The van der Waals surface area contributed by atoms with Crippen molar-refractivity contribution in [2.24, 2.45) is 10.3 Å². The Hall–Kier alpha value is -3.10. The number of halogens is 1. The van der Waals surface area contributed by atoms with E-state index in [0.29, 0.717) is 27.6 Å². The first-order valence-corrected chi connectivity index (χ1v) is 9.36. The van der Waals surface area contributed by atoms with Crippen LogP contribution in [0.3, 0.4) is 0 Å². The summed E-state index contributed by atoms with van der Waals surface area (Å²) < 4.78 is 10.5. The standard InChI is InChI=1S/C21H24ClN3O5/c1-23-21(26)20(25-29-4)16-9-6-10-18(22)17(16)12-30-24-19(13-27-2)14-7-5-8-15(11-14)28-3/h5-11H,12-13H2,1-4H3,(H,23,26)/b24-19+,25-20+. The van der Waals surface area contributed by atoms with Crippen molar-refractivity contribution in [3.63, 3.8) is 0 Å². The van der Waals surface area contributed by atoms with Gasteiger partial charge in [0.05, 0.1) is 13.7 Å². The van der Waals surface area contributed by atoms with Crippen molar-refractivity contribution in [2.45, 2.75) is 6.61 Å². The molecule has 0 saturated carbocycles. The summed E-state index contributed by atoms with van der Waals surface area (Å²) >= 11 is 6.36. The van der Waals surface area contributed by atoms with Crippen LogP contribution in [0.25, 0.3) is 0 Å². The van der Waals surface area contributed by atoms with Crippen molar-refractivity contribution < 1.29 is 23.9 Å². The Kier molecular flexibility index (Phi) is 9.11. The summed E-state index contributed by atoms with van der Waals surface area (Å²) in [5.41, 5.74) is 2.47. The number of benzene rings is 2. The Labute approximate surface area is 180 Å². The van der Waals surface area contributed by atoms with Gasteiger partial charge in [-0.3, -0.25) is 4.79 Å². The van der Waals surface area contributed by atoms with E-state index in [-0.39, 0.29) is 18.9 Å². The van der Waals surface area contributed by atoms with Gasteiger partial charge < -0.3 is 24.5 Å². The third-order valence-electron chi connectivity index (χ3n) is 4.07. The van der Waals surface area contributed by atoms with Gasteiger partial charge in [0, 0.05) is 35.9 Å². The summed E-state index contributed by atoms with van der Waals surface area (Å²) in [4.78, 5) is 22.6. The van der Waals surface area contributed by atoms with E-state index in [1.54, 1.807) is 32.4 Å². The molecule has 0 spiro atoms. The lowest BCUT2D eigenvalue weighted by Crippen LogP contribution is -2.29. The molecule has 0 saturated heterocycles. The van der Waals surface area contributed by atoms with Crippen molar-refractivity contribution in [2.75, 3.05) is 35.0 Å². The average Bonchev–Trinajstić information content (AvgIpc) is 2.77. The molecule has 0 radical (unpaired) electrons. The second kappa shape index (κ2) is 11.8. The Balaban J connectivity index is 2.33. The monoisotopic (exact) mass is 433 g/mol. The maximum Gasteiger partial charge on any atom is 0.273 e. The average molecular weight is 434 g/mol. The molecule has 0 fully saturated rings. The number of methoxy groups -OCH3 is 2. The summed E-state index contributed by atoms with van der Waals surface area (Å²) in [5, 5.41) is 11.0. The fourth-order valence-corrected chi connectivity index (χ4v) is 2.86. The van der Waals surface area contributed by atoms with Crippen LogP contribution in [0.15, 0.2) is 52.8 Å². The summed E-state index contributed by atoms with van der Waals surface area (Å²) in [7, 11) is 6.02. The second-order valence-corrected chi connectivity index (χ2v) is 6.35. The Morgan fingerprint density at radius 3 is 2.53 bits per heavy atom. The molecular formula is C21H24ClN3O5. The fourth-order valence-electron chi connectivity index (χ4n) is 2.63. The van der Waals surface area contributed by atoms with Crippen LogP contribution in [0.2, 0.25) is 5.02 Å². The maximum atomic E-state index is 12.2. The van der Waals surface area contributed by atoms with Crippen molar-refractivity contribution in [1.82, 2.24) is 5.32 Å². The number of rotatable bonds is 10. The zero-order valence-electron chi connectivity index (χ0n) is 17.3. The lowest BCUT2D eigenvalue weighted by atomic mass is 10.0. The molecule has 0 aliphatic heterocycles. The first-order valence-electron chi connectivity index (χ1n) is 8.98. The number of amides is 1. The molecule has 0 aromatic heterocycles. The van der Waals surface area contributed by atoms with Gasteiger partial charge in [-0.25, -0.2) is 0 Å². The van der Waals surface area contributed by atoms with E-state index in [1.807, 2.05) is 24.3 Å². The lowest BCUT2D eigenvalue weighted by molar-refractivity contribution is -0.114. The molecule has 2 aromatic carbocycles. The molecule has 0 unspecified atom stereocenters. The predicted octanol–water partition coefficient (Wildman–Crippen LogP) is 3.01. The molecule has 160 valence electrons. The van der Waals surface area contributed by atoms with Crippen molar-refractivity contribution in [1.29, 1.82) is 0 Å². The van der Waals surface area contributed by atoms with E-state index in [4.69, 9.17) is 30.7 Å². The molecule has 0 bridgehead atoms. The SMILES string of the molecule is CNC(=O)/C(=N/OC)c1cccc(Cl)c1CO/N=C(\COC)c1cccc(OC)c1. The van der Waals surface area contributed by atoms with Gasteiger partial charge in [0.1, 0.15) is 25.2 Å². The molecule has 0 aliphatic rings. The molecule has 9 heteroatoms. The molecule has 0 heterocycles. The van der Waals surface area contributed by atoms with Crippen LogP contribution in [0.1, 0.15) is 16.7 Å². The van der Waals surface area contributed by atoms with Gasteiger partial charge in [-0.2, -0.15) is 0 Å². The van der Waals surface area contributed by atoms with E-state index in [0.717, 1.165) is 5.56 Å². The minimum absolute atomic E-state index is 0.00587. The number of oxime groups is 2. The number of nitrogens with zero attached hydrogens (tertiary/aromatic N) is 2. The molecular weight excluding hydrogens is 410 g/mol. The summed E-state index contributed by atoms with van der Waals surface area (Å²) in [6.45, 7) is 0.239. The third kappa shape index (κ3) is 5.95. The van der Waals surface area contributed by atoms with E-state index in [2.05, 4.69) is 15.6 Å². The zero-order chi connectivity index (χ0) is 21.9. The topological polar surface area (TPSA) is 90.7 Å². The minimum Gasteiger partial charge on any atom is -0.497 e. The highest BCUT2D eigenvalue weighted by Crippen LogP contribution is 2.23. The van der Waals surface area contributed by atoms with Crippen molar-refractivity contribution >= 4 is 28.9 Å². The van der Waals surface area contributed by atoms with Crippen LogP contribution in [0.5, 0.6) is 5.75 Å². The fraction of sp³-hybridized carbons (Fsp3) is 0.286. The first kappa shape index (κ1) is 23.2. The number of ether oxygens (including phenoxy) is 2. The number of hydrogen-bond acceptors (Lipinski definition) is 7. The Morgan fingerprint density at radius 1 is 1.10 bits per heavy atom. The van der Waals surface area contributed by atoms with E-state index >= 15 is 0 Å². The van der Waals surface area contributed by atoms with Crippen LogP contribution >= 0.6 is 11.6 Å². The minimum atomic E-state index is -0.416. The number of carbonyl (C=O) groups is 1. The molecule has 2 rings (SSSR count). The van der Waals surface area contributed by atoms with Crippen molar-refractivity contribution in [3.8, 4) is 5.75 Å². The lowest BCUT2D eigenvalue weighted by Gasteiger charge is -2.12. The summed E-state index contributed by atoms with van der Waals surface area (Å²) in [5.74, 6) is 0.274. The highest BCUT2D eigenvalue weighted by atomic mass is 35.5. The summed E-state index contributed by atoms with van der Waals surface area (Å²) in [6, 6.07) is 12.5. The second-order valence-electron chi connectivity index (χ2n) is 5.94. The molecule has 30 heavy (non-hydrogen) atoms. The summed E-state index contributed by atoms with van der Waals surface area (Å²) in [6.07, 6.45) is 0. The number of likely N-dealkylation sites (N-methyl/N-ethyl adjacent to an activating group) is 1. The number of hydrogen-bond donors (Lipinski definition) is 1. The molecule has 1 N–H and O–H groups in total. The first-order chi connectivity index (χ1) is 14.5. The van der Waals surface area contributed by atoms with Gasteiger partial charge >= 0.3 is 0 Å². The smallest absolute Gasteiger partial charge is 0.273 e. The molecule has 8 nitrogen and oxygen atoms in total. The number of carbonyl (C=O) groups excluding carboxylic acids is 1. The Bertz CT molecular complexity index is 931. The molecule has 0 atom stereocenters. The number of nitrogens with one attached hydrogen (secondary N) is 1. The Morgan fingerprint density at radius 2 is 1.87 bits per heavy atom. The van der Waals surface area contributed by atoms with E-state index < -0.39 is 5.91 Å². The van der Waals surface area contributed by atoms with E-state index in [1.165, 1.54) is 14.2 Å². The van der Waals surface area contributed by atoms with Gasteiger partial charge in [-0.15, -0.1) is 0 Å². The largest absolute Gasteiger partial charge is 0.497 e. The highest BCUT2D eigenvalue weighted by Gasteiger charge is 2.20. The molecule has 0 aliphatic carbocycles. The quantitative estimate of drug-likeness (QED) is 0.459. The van der Waals surface area contributed by atoms with Gasteiger partial charge in [0.25, 0.3) is 5.91 Å². The normalized spacial score (nSPS) is 11.8. The van der Waals surface area contributed by atoms with Gasteiger partial charge in [-0.05, 0) is 18.2 Å². The molecule has 2 aromatic rings. The molecule has 1 amide bonds. The van der Waals surface area contributed by atoms with Crippen LogP contribution in [-0.2, 0) is 25.8 Å². The van der Waals surface area contributed by atoms with Gasteiger partial charge in [-0.1, -0.05) is 46.2 Å². The van der Waals surface area contributed by atoms with Gasteiger partial charge in [0.2, 0.25) is 0 Å².